The van der Waals surface area contributed by atoms with Gasteiger partial charge in [0.25, 0.3) is 0 Å². The second-order valence-corrected chi connectivity index (χ2v) is 12.5. The van der Waals surface area contributed by atoms with Crippen molar-refractivity contribution in [2.75, 3.05) is 0 Å². The predicted octanol–water partition coefficient (Wildman–Crippen LogP) is 12.5. The van der Waals surface area contributed by atoms with E-state index < -0.39 is 0 Å². The second kappa shape index (κ2) is 9.78. The van der Waals surface area contributed by atoms with Gasteiger partial charge in [-0.05, 0) is 131 Å². The maximum Gasteiger partial charge on any atom is 0.135 e. The molecule has 10 rings (SSSR count). The van der Waals surface area contributed by atoms with E-state index in [0.717, 1.165) is 33.1 Å². The maximum atomic E-state index is 9.39. The Morgan fingerprint density at radius 3 is 1.62 bits per heavy atom. The van der Waals surface area contributed by atoms with Gasteiger partial charge in [0.05, 0.1) is 11.6 Å². The summed E-state index contributed by atoms with van der Waals surface area (Å²) in [7, 11) is 0. The molecule has 0 atom stereocenters. The lowest BCUT2D eigenvalue weighted by atomic mass is 9.88. The number of furan rings is 1. The Labute approximate surface area is 270 Å². The third-order valence-corrected chi connectivity index (χ3v) is 9.78. The van der Waals surface area contributed by atoms with E-state index in [0.29, 0.717) is 5.56 Å². The highest BCUT2D eigenvalue weighted by atomic mass is 16.3. The first-order valence-electron chi connectivity index (χ1n) is 15.9. The van der Waals surface area contributed by atoms with Gasteiger partial charge in [-0.3, -0.25) is 0 Å². The largest absolute Gasteiger partial charge is 0.456 e. The molecule has 0 amide bonds. The topological polar surface area (TPSA) is 36.9 Å². The number of hydrogen-bond donors (Lipinski definition) is 0. The molecule has 216 valence electrons. The highest BCUT2D eigenvalue weighted by Crippen LogP contribution is 2.41. The van der Waals surface area contributed by atoms with Crippen molar-refractivity contribution >= 4 is 65.0 Å². The zero-order valence-electron chi connectivity index (χ0n) is 25.3. The lowest BCUT2D eigenvalue weighted by Crippen LogP contribution is -1.88. The molecule has 0 aliphatic heterocycles. The lowest BCUT2D eigenvalue weighted by Gasteiger charge is -2.15. The van der Waals surface area contributed by atoms with Crippen LogP contribution < -0.4 is 0 Å². The van der Waals surface area contributed by atoms with Crippen LogP contribution in [-0.2, 0) is 0 Å². The second-order valence-electron chi connectivity index (χ2n) is 12.5. The first-order chi connectivity index (χ1) is 23.2. The molecule has 2 heteroatoms. The zero-order valence-corrected chi connectivity index (χ0v) is 25.3. The Kier molecular flexibility index (Phi) is 5.38. The molecule has 10 aromatic rings. The van der Waals surface area contributed by atoms with Crippen LogP contribution in [0.3, 0.4) is 0 Å². The minimum Gasteiger partial charge on any atom is -0.456 e. The Balaban J connectivity index is 1.04. The summed E-state index contributed by atoms with van der Waals surface area (Å²) in [4.78, 5) is 0. The van der Waals surface area contributed by atoms with Crippen LogP contribution in [0.1, 0.15) is 5.56 Å². The SMILES string of the molecule is N#Cc1ccc2oc3ccc(-c4ccc(-c5cc6ccc7cc(-c8cccc9ccccc89)cc8ccc(c5)c6c78)cc4)cc3c2c1. The van der Waals surface area contributed by atoms with Gasteiger partial charge in [0.1, 0.15) is 11.2 Å². The molecule has 47 heavy (non-hydrogen) atoms. The van der Waals surface area contributed by atoms with Crippen molar-refractivity contribution in [3.8, 4) is 39.4 Å². The smallest absolute Gasteiger partial charge is 0.135 e. The quantitative estimate of drug-likeness (QED) is 0.191. The van der Waals surface area contributed by atoms with Crippen LogP contribution in [0.2, 0.25) is 0 Å². The van der Waals surface area contributed by atoms with Crippen LogP contribution >= 0.6 is 0 Å². The summed E-state index contributed by atoms with van der Waals surface area (Å²) in [5.74, 6) is 0. The summed E-state index contributed by atoms with van der Waals surface area (Å²) in [6, 6.07) is 56.6. The van der Waals surface area contributed by atoms with Gasteiger partial charge in [-0.25, -0.2) is 0 Å². The summed E-state index contributed by atoms with van der Waals surface area (Å²) in [6.45, 7) is 0. The number of nitrogens with zero attached hydrogens (tertiary/aromatic N) is 1. The van der Waals surface area contributed by atoms with Gasteiger partial charge in [-0.2, -0.15) is 5.26 Å². The summed E-state index contributed by atoms with van der Waals surface area (Å²) in [5.41, 5.74) is 9.43. The molecule has 1 aromatic heterocycles. The number of nitriles is 1. The standard InChI is InChI=1S/C45H25NO/c46-26-27-8-18-42-40(20-27)41-25-31(17-19-43(41)47-42)28-9-11-29(12-10-28)36-21-32-13-15-34-23-37(24-35-16-14-33(22-36)44(32)45(34)35)39-7-3-5-30-4-1-2-6-38(30)39/h1-25H. The van der Waals surface area contributed by atoms with E-state index in [1.165, 1.54) is 65.3 Å². The van der Waals surface area contributed by atoms with Crippen molar-refractivity contribution in [2.24, 2.45) is 0 Å². The summed E-state index contributed by atoms with van der Waals surface area (Å²) < 4.78 is 6.03. The van der Waals surface area contributed by atoms with Crippen LogP contribution in [0.15, 0.2) is 156 Å². The van der Waals surface area contributed by atoms with Crippen molar-refractivity contribution < 1.29 is 4.42 Å². The first kappa shape index (κ1) is 25.9. The van der Waals surface area contributed by atoms with Crippen LogP contribution in [-0.4, -0.2) is 0 Å². The molecule has 0 aliphatic carbocycles. The fraction of sp³-hybridized carbons (Fsp3) is 0. The maximum absolute atomic E-state index is 9.39. The van der Waals surface area contributed by atoms with Gasteiger partial charge in [-0.15, -0.1) is 0 Å². The van der Waals surface area contributed by atoms with Crippen LogP contribution in [0, 0.1) is 11.3 Å². The van der Waals surface area contributed by atoms with Gasteiger partial charge in [0.2, 0.25) is 0 Å². The van der Waals surface area contributed by atoms with Crippen molar-refractivity contribution in [3.63, 3.8) is 0 Å². The van der Waals surface area contributed by atoms with Crippen molar-refractivity contribution in [1.82, 2.24) is 0 Å². The molecule has 1 heterocycles. The number of fused-ring (bicyclic) bond motifs is 4. The minimum absolute atomic E-state index is 0.633. The molecule has 0 spiro atoms. The van der Waals surface area contributed by atoms with E-state index in [2.05, 4.69) is 133 Å². The molecule has 9 aromatic carbocycles. The van der Waals surface area contributed by atoms with Crippen molar-refractivity contribution in [1.29, 1.82) is 5.26 Å². The van der Waals surface area contributed by atoms with Gasteiger partial charge in [0, 0.05) is 10.8 Å². The average molecular weight is 596 g/mol. The van der Waals surface area contributed by atoms with Gasteiger partial charge in [-0.1, -0.05) is 97.1 Å². The van der Waals surface area contributed by atoms with E-state index in [-0.39, 0.29) is 0 Å². The molecule has 0 bridgehead atoms. The molecule has 0 radical (unpaired) electrons. The molecule has 0 N–H and O–H groups in total. The molecule has 0 unspecified atom stereocenters. The Bertz CT molecular complexity index is 2830. The van der Waals surface area contributed by atoms with E-state index >= 15 is 0 Å². The molecule has 0 fully saturated rings. The third kappa shape index (κ3) is 3.97. The molecule has 0 saturated heterocycles. The van der Waals surface area contributed by atoms with Crippen LogP contribution in [0.5, 0.6) is 0 Å². The molecular weight excluding hydrogens is 571 g/mol. The third-order valence-electron chi connectivity index (χ3n) is 9.78. The lowest BCUT2D eigenvalue weighted by molar-refractivity contribution is 0.669. The number of rotatable bonds is 3. The fourth-order valence-electron chi connectivity index (χ4n) is 7.52. The predicted molar refractivity (Wildman–Crippen MR) is 196 cm³/mol. The molecular formula is C45H25NO. The van der Waals surface area contributed by atoms with Gasteiger partial charge < -0.3 is 4.42 Å². The van der Waals surface area contributed by atoms with E-state index in [4.69, 9.17) is 4.42 Å². The van der Waals surface area contributed by atoms with Gasteiger partial charge >= 0.3 is 0 Å². The fourth-order valence-corrected chi connectivity index (χ4v) is 7.52. The average Bonchev–Trinajstić information content (AvgIpc) is 3.50. The molecule has 2 nitrogen and oxygen atoms in total. The van der Waals surface area contributed by atoms with Crippen molar-refractivity contribution in [3.05, 3.63) is 157 Å². The number of benzene rings is 9. The summed E-state index contributed by atoms with van der Waals surface area (Å²) >= 11 is 0. The normalized spacial score (nSPS) is 11.8. The number of hydrogen-bond acceptors (Lipinski definition) is 2. The van der Waals surface area contributed by atoms with Gasteiger partial charge in [0.15, 0.2) is 0 Å². The van der Waals surface area contributed by atoms with Crippen LogP contribution in [0.4, 0.5) is 0 Å². The Morgan fingerprint density at radius 2 is 0.936 bits per heavy atom. The highest BCUT2D eigenvalue weighted by molar-refractivity contribution is 6.24. The van der Waals surface area contributed by atoms with E-state index in [1.807, 2.05) is 18.2 Å². The highest BCUT2D eigenvalue weighted by Gasteiger charge is 2.14. The monoisotopic (exact) mass is 595 g/mol. The van der Waals surface area contributed by atoms with E-state index in [9.17, 15) is 5.26 Å². The molecule has 0 aliphatic rings. The molecule has 0 saturated carbocycles. The Morgan fingerprint density at radius 1 is 0.383 bits per heavy atom. The first-order valence-corrected chi connectivity index (χ1v) is 15.9. The van der Waals surface area contributed by atoms with Crippen LogP contribution in [0.25, 0.3) is 98.4 Å². The zero-order chi connectivity index (χ0) is 31.1. The summed E-state index contributed by atoms with van der Waals surface area (Å²) in [5, 5.41) is 21.6. The van der Waals surface area contributed by atoms with E-state index in [1.54, 1.807) is 6.07 Å². The Hall–Kier alpha value is -6.43. The van der Waals surface area contributed by atoms with Crippen molar-refractivity contribution in [2.45, 2.75) is 0 Å². The minimum atomic E-state index is 0.633. The summed E-state index contributed by atoms with van der Waals surface area (Å²) in [6.07, 6.45) is 0.